The van der Waals surface area contributed by atoms with Crippen LogP contribution in [-0.4, -0.2) is 26.7 Å². The number of fused-ring (bicyclic) bond motifs is 1. The van der Waals surface area contributed by atoms with Crippen LogP contribution in [0.5, 0.6) is 0 Å². The average molecular weight is 384 g/mol. The molecule has 4 rings (SSSR count). The minimum atomic E-state index is -0.355. The van der Waals surface area contributed by atoms with E-state index >= 15 is 0 Å². The molecule has 0 saturated heterocycles. The summed E-state index contributed by atoms with van der Waals surface area (Å²) < 4.78 is 14.3. The van der Waals surface area contributed by atoms with Crippen LogP contribution in [0.15, 0.2) is 59.1 Å². The Morgan fingerprint density at radius 3 is 2.85 bits per heavy atom. The summed E-state index contributed by atoms with van der Waals surface area (Å²) in [5.74, 6) is -0.0754. The number of hydrogen-bond acceptors (Lipinski definition) is 6. The van der Waals surface area contributed by atoms with E-state index in [1.54, 1.807) is 24.4 Å². The van der Waals surface area contributed by atoms with Crippen molar-refractivity contribution in [3.8, 4) is 0 Å². The smallest absolute Gasteiger partial charge is 0.210 e. The Hall–Kier alpha value is -2.71. The Morgan fingerprint density at radius 2 is 1.96 bits per heavy atom. The van der Waals surface area contributed by atoms with Crippen LogP contribution in [0.1, 0.15) is 10.4 Å². The third-order valence-electron chi connectivity index (χ3n) is 3.74. The first kappa shape index (κ1) is 16.7. The van der Waals surface area contributed by atoms with Crippen molar-refractivity contribution >= 4 is 50.6 Å². The fourth-order valence-electron chi connectivity index (χ4n) is 2.50. The van der Waals surface area contributed by atoms with Crippen LogP contribution in [0.4, 0.5) is 15.2 Å². The fraction of sp³-hybridized carbons (Fsp3) is 0.0556. The predicted octanol–water partition coefficient (Wildman–Crippen LogP) is 4.88. The Labute approximate surface area is 156 Å². The van der Waals surface area contributed by atoms with Gasteiger partial charge in [-0.2, -0.15) is 0 Å². The number of aromatic nitrogens is 3. The van der Waals surface area contributed by atoms with E-state index in [9.17, 15) is 9.18 Å². The maximum atomic E-state index is 13.7. The van der Waals surface area contributed by atoms with Crippen LogP contribution in [-0.2, 0) is 0 Å². The highest BCUT2D eigenvalue weighted by Gasteiger charge is 2.14. The van der Waals surface area contributed by atoms with Crippen LogP contribution >= 0.6 is 23.1 Å². The summed E-state index contributed by atoms with van der Waals surface area (Å²) >= 11 is 2.60. The Bertz CT molecular complexity index is 1080. The van der Waals surface area contributed by atoms with Gasteiger partial charge in [0, 0.05) is 22.7 Å². The van der Waals surface area contributed by atoms with Gasteiger partial charge >= 0.3 is 0 Å². The molecule has 2 aromatic carbocycles. The van der Waals surface area contributed by atoms with Crippen LogP contribution in [0.25, 0.3) is 10.9 Å². The van der Waals surface area contributed by atoms with Crippen molar-refractivity contribution in [2.75, 3.05) is 11.1 Å². The lowest BCUT2D eigenvalue weighted by Gasteiger charge is -2.01. The van der Waals surface area contributed by atoms with E-state index in [2.05, 4.69) is 20.5 Å². The molecule has 0 unspecified atom stereocenters. The topological polar surface area (TPSA) is 70.7 Å². The number of benzene rings is 2. The number of nitrogens with one attached hydrogen (secondary N) is 2. The number of aromatic amines is 1. The number of Topliss-reactive ketones (excluding diaryl/α,β-unsaturated/α-hetero) is 1. The second-order valence-electron chi connectivity index (χ2n) is 5.44. The molecule has 4 aromatic rings. The van der Waals surface area contributed by atoms with E-state index < -0.39 is 0 Å². The Balaban J connectivity index is 1.42. The van der Waals surface area contributed by atoms with Gasteiger partial charge in [-0.25, -0.2) is 4.39 Å². The molecule has 0 saturated carbocycles. The van der Waals surface area contributed by atoms with E-state index in [1.165, 1.54) is 29.2 Å². The lowest BCUT2D eigenvalue weighted by atomic mass is 10.1. The molecule has 5 nitrogen and oxygen atoms in total. The van der Waals surface area contributed by atoms with Gasteiger partial charge in [-0.3, -0.25) is 4.79 Å². The number of rotatable bonds is 6. The summed E-state index contributed by atoms with van der Waals surface area (Å²) in [6.07, 6.45) is 1.73. The third-order valence-corrected chi connectivity index (χ3v) is 5.71. The van der Waals surface area contributed by atoms with E-state index in [1.807, 2.05) is 24.3 Å². The SMILES string of the molecule is O=C(CSc1nnc(Nc2ccccc2F)s1)c1c[nH]c2ccccc12. The highest BCUT2D eigenvalue weighted by Crippen LogP contribution is 2.29. The van der Waals surface area contributed by atoms with Crippen molar-refractivity contribution in [3.05, 3.63) is 66.1 Å². The number of carbonyl (C=O) groups excluding carboxylic acids is 1. The number of anilines is 2. The van der Waals surface area contributed by atoms with Crippen molar-refractivity contribution in [1.82, 2.24) is 15.2 Å². The molecule has 0 aliphatic rings. The zero-order valence-corrected chi connectivity index (χ0v) is 15.0. The van der Waals surface area contributed by atoms with Gasteiger partial charge in [-0.05, 0) is 18.2 Å². The summed E-state index contributed by atoms with van der Waals surface area (Å²) in [5.41, 5.74) is 1.95. The monoisotopic (exact) mass is 384 g/mol. The summed E-state index contributed by atoms with van der Waals surface area (Å²) in [4.78, 5) is 15.6. The lowest BCUT2D eigenvalue weighted by molar-refractivity contribution is 0.102. The molecule has 0 fully saturated rings. The number of halogens is 1. The number of thioether (sulfide) groups is 1. The van der Waals surface area contributed by atoms with Crippen molar-refractivity contribution in [2.45, 2.75) is 4.34 Å². The lowest BCUT2D eigenvalue weighted by Crippen LogP contribution is -2.01. The normalized spacial score (nSPS) is 11.0. The van der Waals surface area contributed by atoms with Gasteiger partial charge in [0.05, 0.1) is 11.4 Å². The molecule has 2 heterocycles. The van der Waals surface area contributed by atoms with Gasteiger partial charge in [0.1, 0.15) is 5.82 Å². The van der Waals surface area contributed by atoms with Gasteiger partial charge in [0.25, 0.3) is 0 Å². The zero-order chi connectivity index (χ0) is 17.9. The molecule has 0 aliphatic carbocycles. The van der Waals surface area contributed by atoms with Crippen molar-refractivity contribution < 1.29 is 9.18 Å². The number of hydrogen-bond donors (Lipinski definition) is 2. The highest BCUT2D eigenvalue weighted by molar-refractivity contribution is 8.01. The second-order valence-corrected chi connectivity index (χ2v) is 7.64. The molecule has 0 aliphatic heterocycles. The van der Waals surface area contributed by atoms with Gasteiger partial charge in [-0.1, -0.05) is 53.4 Å². The van der Waals surface area contributed by atoms with Crippen LogP contribution < -0.4 is 5.32 Å². The van der Waals surface area contributed by atoms with Crippen molar-refractivity contribution in [1.29, 1.82) is 0 Å². The van der Waals surface area contributed by atoms with Crippen LogP contribution in [0, 0.1) is 5.82 Å². The maximum absolute atomic E-state index is 13.7. The number of ketones is 1. The highest BCUT2D eigenvalue weighted by atomic mass is 32.2. The minimum Gasteiger partial charge on any atom is -0.360 e. The van der Waals surface area contributed by atoms with Crippen molar-refractivity contribution in [2.24, 2.45) is 0 Å². The van der Waals surface area contributed by atoms with Gasteiger partial charge in [0.2, 0.25) is 5.13 Å². The number of nitrogens with zero attached hydrogens (tertiary/aromatic N) is 2. The summed E-state index contributed by atoms with van der Waals surface area (Å²) in [7, 11) is 0. The summed E-state index contributed by atoms with van der Waals surface area (Å²) in [6, 6.07) is 14.1. The van der Waals surface area contributed by atoms with Crippen LogP contribution in [0.2, 0.25) is 0 Å². The first-order chi connectivity index (χ1) is 12.7. The second kappa shape index (κ2) is 7.27. The predicted molar refractivity (Wildman–Crippen MR) is 103 cm³/mol. The first-order valence-electron chi connectivity index (χ1n) is 7.78. The molecular formula is C18H13FN4OS2. The molecule has 8 heteroatoms. The first-order valence-corrected chi connectivity index (χ1v) is 9.58. The summed E-state index contributed by atoms with van der Waals surface area (Å²) in [6.45, 7) is 0. The molecule has 0 radical (unpaired) electrons. The summed E-state index contributed by atoms with van der Waals surface area (Å²) in [5, 5.41) is 12.3. The van der Waals surface area contributed by atoms with E-state index in [0.717, 1.165) is 10.9 Å². The molecule has 26 heavy (non-hydrogen) atoms. The van der Waals surface area contributed by atoms with Crippen molar-refractivity contribution in [3.63, 3.8) is 0 Å². The minimum absolute atomic E-state index is 0.0197. The molecule has 130 valence electrons. The molecule has 0 bridgehead atoms. The largest absolute Gasteiger partial charge is 0.360 e. The van der Waals surface area contributed by atoms with E-state index in [0.29, 0.717) is 20.7 Å². The maximum Gasteiger partial charge on any atom is 0.210 e. The molecule has 0 atom stereocenters. The molecule has 0 spiro atoms. The zero-order valence-electron chi connectivity index (χ0n) is 13.4. The van der Waals surface area contributed by atoms with Crippen LogP contribution in [0.3, 0.4) is 0 Å². The van der Waals surface area contributed by atoms with Gasteiger partial charge in [0.15, 0.2) is 10.1 Å². The average Bonchev–Trinajstić information content (AvgIpc) is 3.28. The molecule has 0 amide bonds. The fourth-order valence-corrected chi connectivity index (χ4v) is 4.15. The number of H-pyrrole nitrogens is 1. The Kier molecular flexibility index (Phi) is 4.68. The van der Waals surface area contributed by atoms with E-state index in [-0.39, 0.29) is 17.4 Å². The molecular weight excluding hydrogens is 371 g/mol. The Morgan fingerprint density at radius 1 is 1.15 bits per heavy atom. The molecule has 2 N–H and O–H groups in total. The van der Waals surface area contributed by atoms with Gasteiger partial charge in [-0.15, -0.1) is 10.2 Å². The third kappa shape index (κ3) is 3.47. The van der Waals surface area contributed by atoms with Gasteiger partial charge < -0.3 is 10.3 Å². The quantitative estimate of drug-likeness (QED) is 0.366. The standard InChI is InChI=1S/C18H13FN4OS2/c19-13-6-2-4-8-15(13)21-17-22-23-18(26-17)25-10-16(24)12-9-20-14-7-3-1-5-11(12)14/h1-9,20H,10H2,(H,21,22). The van der Waals surface area contributed by atoms with E-state index in [4.69, 9.17) is 0 Å². The molecule has 2 aromatic heterocycles. The number of carbonyl (C=O) groups is 1. The number of para-hydroxylation sites is 2.